The van der Waals surface area contributed by atoms with Gasteiger partial charge in [-0.1, -0.05) is 25.0 Å². The third-order valence-corrected chi connectivity index (χ3v) is 3.75. The molecular weight excluding hydrogens is 214 g/mol. The van der Waals surface area contributed by atoms with E-state index in [9.17, 15) is 10.2 Å². The highest BCUT2D eigenvalue weighted by Gasteiger charge is 2.30. The molecule has 3 atom stereocenters. The first-order chi connectivity index (χ1) is 8.22. The average Bonchev–Trinajstić information content (AvgIpc) is 2.33. The molecule has 0 aromatic heterocycles. The molecule has 1 aromatic rings. The molecule has 0 aliphatic heterocycles. The maximum Gasteiger partial charge on any atom is 0.115 e. The molecule has 1 saturated carbocycles. The fourth-order valence-electron chi connectivity index (χ4n) is 2.87. The molecule has 0 amide bonds. The van der Waals surface area contributed by atoms with Crippen LogP contribution in [0.25, 0.3) is 0 Å². The molecule has 94 valence electrons. The topological polar surface area (TPSA) is 52.5 Å². The van der Waals surface area contributed by atoms with Crippen molar-refractivity contribution in [1.82, 2.24) is 5.32 Å². The SMILES string of the molecule is CNC(c1cccc(O)c1)[C@H]1CCCC[C@H]1O. The molecule has 2 rings (SSSR count). The molecule has 0 spiro atoms. The number of hydrogen-bond acceptors (Lipinski definition) is 3. The van der Waals surface area contributed by atoms with Crippen LogP contribution in [-0.4, -0.2) is 23.4 Å². The Morgan fingerprint density at radius 3 is 2.71 bits per heavy atom. The monoisotopic (exact) mass is 235 g/mol. The Labute approximate surface area is 102 Å². The maximum absolute atomic E-state index is 10.1. The van der Waals surface area contributed by atoms with Crippen LogP contribution in [0, 0.1) is 5.92 Å². The van der Waals surface area contributed by atoms with Crippen LogP contribution in [0.4, 0.5) is 0 Å². The molecule has 3 heteroatoms. The fraction of sp³-hybridized carbons (Fsp3) is 0.571. The van der Waals surface area contributed by atoms with E-state index in [1.807, 2.05) is 19.2 Å². The summed E-state index contributed by atoms with van der Waals surface area (Å²) in [6.07, 6.45) is 4.00. The number of aliphatic hydroxyl groups excluding tert-OH is 1. The first-order valence-corrected chi connectivity index (χ1v) is 6.36. The van der Waals surface area contributed by atoms with E-state index in [0.29, 0.717) is 0 Å². The zero-order chi connectivity index (χ0) is 12.3. The normalized spacial score (nSPS) is 26.7. The highest BCUT2D eigenvalue weighted by atomic mass is 16.3. The van der Waals surface area contributed by atoms with E-state index in [1.165, 1.54) is 6.42 Å². The van der Waals surface area contributed by atoms with E-state index in [-0.39, 0.29) is 23.8 Å². The molecule has 0 bridgehead atoms. The van der Waals surface area contributed by atoms with Crippen LogP contribution < -0.4 is 5.32 Å². The minimum Gasteiger partial charge on any atom is -0.508 e. The van der Waals surface area contributed by atoms with Crippen molar-refractivity contribution >= 4 is 0 Å². The Balaban J connectivity index is 2.20. The lowest BCUT2D eigenvalue weighted by Crippen LogP contribution is -2.35. The standard InChI is InChI=1S/C14H21NO2/c1-15-14(10-5-4-6-11(16)9-10)12-7-2-3-8-13(12)17/h4-6,9,12-17H,2-3,7-8H2,1H3/t12-,13+,14?/m0/s1. The lowest BCUT2D eigenvalue weighted by atomic mass is 9.79. The Hall–Kier alpha value is -1.06. The summed E-state index contributed by atoms with van der Waals surface area (Å²) in [5, 5.41) is 22.9. The van der Waals surface area contributed by atoms with Crippen LogP contribution >= 0.6 is 0 Å². The van der Waals surface area contributed by atoms with E-state index >= 15 is 0 Å². The van der Waals surface area contributed by atoms with Gasteiger partial charge >= 0.3 is 0 Å². The summed E-state index contributed by atoms with van der Waals surface area (Å²) in [6, 6.07) is 7.43. The molecule has 1 fully saturated rings. The van der Waals surface area contributed by atoms with Gasteiger partial charge in [0.15, 0.2) is 0 Å². The molecule has 0 saturated heterocycles. The van der Waals surface area contributed by atoms with Crippen LogP contribution in [0.2, 0.25) is 0 Å². The van der Waals surface area contributed by atoms with Gasteiger partial charge in [0.1, 0.15) is 5.75 Å². The average molecular weight is 235 g/mol. The van der Waals surface area contributed by atoms with E-state index in [1.54, 1.807) is 12.1 Å². The lowest BCUT2D eigenvalue weighted by Gasteiger charge is -2.34. The van der Waals surface area contributed by atoms with Crippen LogP contribution in [0.1, 0.15) is 37.3 Å². The zero-order valence-electron chi connectivity index (χ0n) is 10.3. The van der Waals surface area contributed by atoms with Gasteiger partial charge in [0.05, 0.1) is 6.10 Å². The summed E-state index contributed by atoms with van der Waals surface area (Å²) in [6.45, 7) is 0. The first kappa shape index (κ1) is 12.4. The second kappa shape index (κ2) is 5.52. The summed E-state index contributed by atoms with van der Waals surface area (Å²) in [4.78, 5) is 0. The predicted molar refractivity (Wildman–Crippen MR) is 67.9 cm³/mol. The quantitative estimate of drug-likeness (QED) is 0.753. The second-order valence-electron chi connectivity index (χ2n) is 4.88. The highest BCUT2D eigenvalue weighted by Crippen LogP contribution is 2.35. The third-order valence-electron chi connectivity index (χ3n) is 3.75. The van der Waals surface area contributed by atoms with Crippen LogP contribution in [-0.2, 0) is 0 Å². The van der Waals surface area contributed by atoms with Gasteiger partial charge in [-0.05, 0) is 37.6 Å². The molecule has 17 heavy (non-hydrogen) atoms. The minimum absolute atomic E-state index is 0.123. The molecule has 1 aliphatic rings. The zero-order valence-corrected chi connectivity index (χ0v) is 10.3. The van der Waals surface area contributed by atoms with Crippen molar-refractivity contribution in [1.29, 1.82) is 0 Å². The minimum atomic E-state index is -0.233. The van der Waals surface area contributed by atoms with Crippen molar-refractivity contribution in [3.8, 4) is 5.75 Å². The van der Waals surface area contributed by atoms with Crippen LogP contribution in [0.15, 0.2) is 24.3 Å². The molecular formula is C14H21NO2. The molecule has 0 heterocycles. The summed E-state index contributed by atoms with van der Waals surface area (Å²) in [5.74, 6) is 0.531. The van der Waals surface area contributed by atoms with Crippen LogP contribution in [0.5, 0.6) is 5.75 Å². The van der Waals surface area contributed by atoms with Gasteiger partial charge in [0, 0.05) is 12.0 Å². The molecule has 3 N–H and O–H groups in total. The lowest BCUT2D eigenvalue weighted by molar-refractivity contribution is 0.0494. The van der Waals surface area contributed by atoms with E-state index < -0.39 is 0 Å². The van der Waals surface area contributed by atoms with Crippen molar-refractivity contribution in [2.24, 2.45) is 5.92 Å². The number of benzene rings is 1. The van der Waals surface area contributed by atoms with E-state index in [4.69, 9.17) is 0 Å². The molecule has 1 aliphatic carbocycles. The number of aromatic hydroxyl groups is 1. The Morgan fingerprint density at radius 1 is 1.29 bits per heavy atom. The smallest absolute Gasteiger partial charge is 0.115 e. The summed E-state index contributed by atoms with van der Waals surface area (Å²) in [5.41, 5.74) is 1.05. The van der Waals surface area contributed by atoms with E-state index in [0.717, 1.165) is 24.8 Å². The Kier molecular flexibility index (Phi) is 4.02. The Morgan fingerprint density at radius 2 is 2.06 bits per heavy atom. The van der Waals surface area contributed by atoms with Gasteiger partial charge in [0.25, 0.3) is 0 Å². The first-order valence-electron chi connectivity index (χ1n) is 6.36. The van der Waals surface area contributed by atoms with Gasteiger partial charge in [-0.3, -0.25) is 0 Å². The van der Waals surface area contributed by atoms with Gasteiger partial charge < -0.3 is 15.5 Å². The van der Waals surface area contributed by atoms with Crippen molar-refractivity contribution < 1.29 is 10.2 Å². The van der Waals surface area contributed by atoms with Gasteiger partial charge in [-0.15, -0.1) is 0 Å². The number of rotatable bonds is 3. The number of phenols is 1. The largest absolute Gasteiger partial charge is 0.508 e. The Bertz CT molecular complexity index is 367. The fourth-order valence-corrected chi connectivity index (χ4v) is 2.87. The van der Waals surface area contributed by atoms with Crippen LogP contribution in [0.3, 0.4) is 0 Å². The predicted octanol–water partition coefficient (Wildman–Crippen LogP) is 2.20. The molecule has 1 aromatic carbocycles. The molecule has 1 unspecified atom stereocenters. The van der Waals surface area contributed by atoms with E-state index in [2.05, 4.69) is 5.32 Å². The number of phenolic OH excluding ortho intramolecular Hbond substituents is 1. The van der Waals surface area contributed by atoms with Crippen molar-refractivity contribution in [3.05, 3.63) is 29.8 Å². The van der Waals surface area contributed by atoms with Gasteiger partial charge in [0.2, 0.25) is 0 Å². The number of hydrogen-bond donors (Lipinski definition) is 3. The highest BCUT2D eigenvalue weighted by molar-refractivity contribution is 5.30. The van der Waals surface area contributed by atoms with Gasteiger partial charge in [-0.25, -0.2) is 0 Å². The summed E-state index contributed by atoms with van der Waals surface area (Å²) >= 11 is 0. The van der Waals surface area contributed by atoms with Crippen molar-refractivity contribution in [2.45, 2.75) is 37.8 Å². The maximum atomic E-state index is 10.1. The van der Waals surface area contributed by atoms with Crippen molar-refractivity contribution in [3.63, 3.8) is 0 Å². The van der Waals surface area contributed by atoms with Crippen molar-refractivity contribution in [2.75, 3.05) is 7.05 Å². The summed E-state index contributed by atoms with van der Waals surface area (Å²) < 4.78 is 0. The van der Waals surface area contributed by atoms with Gasteiger partial charge in [-0.2, -0.15) is 0 Å². The third kappa shape index (κ3) is 2.79. The number of nitrogens with one attached hydrogen (secondary N) is 1. The number of aliphatic hydroxyl groups is 1. The second-order valence-corrected chi connectivity index (χ2v) is 4.88. The summed E-state index contributed by atoms with van der Waals surface area (Å²) in [7, 11) is 1.91. The molecule has 3 nitrogen and oxygen atoms in total. The molecule has 0 radical (unpaired) electrons.